The lowest BCUT2D eigenvalue weighted by Gasteiger charge is -2.09. The van der Waals surface area contributed by atoms with Gasteiger partial charge in [0.15, 0.2) is 5.13 Å². The summed E-state index contributed by atoms with van der Waals surface area (Å²) in [6.07, 6.45) is 1.31. The molecule has 1 aliphatic heterocycles. The van der Waals surface area contributed by atoms with Crippen molar-refractivity contribution in [3.05, 3.63) is 23.6 Å². The molecule has 7 heteroatoms. The number of rotatable bonds is 5. The van der Waals surface area contributed by atoms with Crippen LogP contribution in [0.1, 0.15) is 12.8 Å². The van der Waals surface area contributed by atoms with Crippen molar-refractivity contribution in [1.29, 1.82) is 0 Å². The number of hydrogen-bond acceptors (Lipinski definition) is 6. The molecule has 122 valence electrons. The van der Waals surface area contributed by atoms with Crippen LogP contribution in [0.5, 0.6) is 11.5 Å². The van der Waals surface area contributed by atoms with Crippen LogP contribution < -0.4 is 14.8 Å². The summed E-state index contributed by atoms with van der Waals surface area (Å²) in [6.45, 7) is 0.641. The van der Waals surface area contributed by atoms with E-state index in [2.05, 4.69) is 10.3 Å². The summed E-state index contributed by atoms with van der Waals surface area (Å²) in [5.74, 6) is 1.29. The third kappa shape index (κ3) is 3.46. The molecule has 1 aromatic carbocycles. The normalized spacial score (nSPS) is 17.0. The van der Waals surface area contributed by atoms with E-state index in [1.54, 1.807) is 14.2 Å². The van der Waals surface area contributed by atoms with Gasteiger partial charge in [0.2, 0.25) is 0 Å². The molecule has 2 aromatic rings. The van der Waals surface area contributed by atoms with Crippen molar-refractivity contribution in [2.24, 2.45) is 0 Å². The number of carbonyl (C=O) groups excluding carboxylic acids is 1. The largest absolute Gasteiger partial charge is 0.497 e. The molecular weight excluding hydrogens is 316 g/mol. The van der Waals surface area contributed by atoms with Gasteiger partial charge in [-0.2, -0.15) is 0 Å². The quantitative estimate of drug-likeness (QED) is 0.910. The first kappa shape index (κ1) is 15.8. The van der Waals surface area contributed by atoms with Gasteiger partial charge in [0.1, 0.15) is 17.6 Å². The maximum Gasteiger partial charge on any atom is 0.255 e. The standard InChI is InChI=1S/C16H18N2O4S/c1-20-10-5-6-13(21-2)11(8-10)12-9-23-16(17-12)18-15(19)14-4-3-7-22-14/h5-6,8-9,14H,3-4,7H2,1-2H3,(H,17,18,19). The lowest BCUT2D eigenvalue weighted by atomic mass is 10.1. The molecule has 1 saturated heterocycles. The molecule has 0 saturated carbocycles. The van der Waals surface area contributed by atoms with Crippen molar-refractivity contribution in [1.82, 2.24) is 4.98 Å². The monoisotopic (exact) mass is 334 g/mol. The Labute approximate surface area is 138 Å². The molecule has 0 spiro atoms. The minimum absolute atomic E-state index is 0.138. The molecule has 1 amide bonds. The van der Waals surface area contributed by atoms with E-state index >= 15 is 0 Å². The van der Waals surface area contributed by atoms with Crippen molar-refractivity contribution in [3.63, 3.8) is 0 Å². The molecule has 1 N–H and O–H groups in total. The van der Waals surface area contributed by atoms with Crippen LogP contribution in [0.25, 0.3) is 11.3 Å². The number of benzene rings is 1. The van der Waals surface area contributed by atoms with Crippen LogP contribution in [0.4, 0.5) is 5.13 Å². The number of aromatic nitrogens is 1. The van der Waals surface area contributed by atoms with Crippen LogP contribution >= 0.6 is 11.3 Å². The third-order valence-corrected chi connectivity index (χ3v) is 4.40. The molecule has 2 heterocycles. The maximum absolute atomic E-state index is 12.1. The van der Waals surface area contributed by atoms with Crippen LogP contribution in [-0.2, 0) is 9.53 Å². The van der Waals surface area contributed by atoms with Gasteiger partial charge in [0, 0.05) is 17.6 Å². The molecule has 0 bridgehead atoms. The van der Waals surface area contributed by atoms with Crippen LogP contribution in [0.2, 0.25) is 0 Å². The predicted octanol–water partition coefficient (Wildman–Crippen LogP) is 2.94. The number of anilines is 1. The topological polar surface area (TPSA) is 69.7 Å². The van der Waals surface area contributed by atoms with E-state index in [0.717, 1.165) is 29.8 Å². The van der Waals surface area contributed by atoms with Crippen molar-refractivity contribution in [3.8, 4) is 22.8 Å². The highest BCUT2D eigenvalue weighted by molar-refractivity contribution is 7.14. The predicted molar refractivity (Wildman–Crippen MR) is 88.3 cm³/mol. The van der Waals surface area contributed by atoms with Gasteiger partial charge in [-0.05, 0) is 31.0 Å². The van der Waals surface area contributed by atoms with Gasteiger partial charge in [0.25, 0.3) is 5.91 Å². The summed E-state index contributed by atoms with van der Waals surface area (Å²) in [5.41, 5.74) is 1.55. The Morgan fingerprint density at radius 1 is 1.39 bits per heavy atom. The Morgan fingerprint density at radius 3 is 2.96 bits per heavy atom. The van der Waals surface area contributed by atoms with Crippen molar-refractivity contribution >= 4 is 22.4 Å². The average Bonchev–Trinajstić information content (AvgIpc) is 3.26. The van der Waals surface area contributed by atoms with E-state index in [1.165, 1.54) is 11.3 Å². The molecule has 1 unspecified atom stereocenters. The number of methoxy groups -OCH3 is 2. The summed E-state index contributed by atoms with van der Waals surface area (Å²) in [5, 5.41) is 5.24. The van der Waals surface area contributed by atoms with Gasteiger partial charge >= 0.3 is 0 Å². The molecular formula is C16H18N2O4S. The molecule has 1 aromatic heterocycles. The number of nitrogens with one attached hydrogen (secondary N) is 1. The molecule has 0 radical (unpaired) electrons. The fourth-order valence-electron chi connectivity index (χ4n) is 2.44. The highest BCUT2D eigenvalue weighted by atomic mass is 32.1. The number of carbonyl (C=O) groups is 1. The smallest absolute Gasteiger partial charge is 0.255 e. The first-order valence-corrected chi connectivity index (χ1v) is 8.19. The zero-order chi connectivity index (χ0) is 16.2. The van der Waals surface area contributed by atoms with E-state index in [0.29, 0.717) is 17.5 Å². The summed E-state index contributed by atoms with van der Waals surface area (Å²) in [4.78, 5) is 16.5. The highest BCUT2D eigenvalue weighted by Crippen LogP contribution is 2.35. The van der Waals surface area contributed by atoms with E-state index in [9.17, 15) is 4.79 Å². The Morgan fingerprint density at radius 2 is 2.26 bits per heavy atom. The Hall–Kier alpha value is -2.12. The van der Waals surface area contributed by atoms with Gasteiger partial charge in [-0.25, -0.2) is 4.98 Å². The summed E-state index contributed by atoms with van der Waals surface area (Å²) in [7, 11) is 3.22. The minimum atomic E-state index is -0.367. The van der Waals surface area contributed by atoms with E-state index < -0.39 is 0 Å². The van der Waals surface area contributed by atoms with Gasteiger partial charge in [-0.3, -0.25) is 10.1 Å². The zero-order valence-electron chi connectivity index (χ0n) is 13.0. The first-order chi connectivity index (χ1) is 11.2. The number of hydrogen-bond donors (Lipinski definition) is 1. The lowest BCUT2D eigenvalue weighted by molar-refractivity contribution is -0.124. The minimum Gasteiger partial charge on any atom is -0.497 e. The molecule has 1 fully saturated rings. The fraction of sp³-hybridized carbons (Fsp3) is 0.375. The zero-order valence-corrected chi connectivity index (χ0v) is 13.8. The molecule has 23 heavy (non-hydrogen) atoms. The molecule has 1 aliphatic rings. The Balaban J connectivity index is 1.80. The second-order valence-corrected chi connectivity index (χ2v) is 5.95. The second kappa shape index (κ2) is 6.97. The molecule has 0 aliphatic carbocycles. The van der Waals surface area contributed by atoms with Gasteiger partial charge < -0.3 is 14.2 Å². The molecule has 6 nitrogen and oxygen atoms in total. The van der Waals surface area contributed by atoms with Gasteiger partial charge in [-0.1, -0.05) is 0 Å². The highest BCUT2D eigenvalue weighted by Gasteiger charge is 2.24. The summed E-state index contributed by atoms with van der Waals surface area (Å²) in [6, 6.07) is 5.52. The van der Waals surface area contributed by atoms with Crippen molar-refractivity contribution in [2.45, 2.75) is 18.9 Å². The van der Waals surface area contributed by atoms with Crippen molar-refractivity contribution in [2.75, 3.05) is 26.1 Å². The number of ether oxygens (including phenoxy) is 3. The SMILES string of the molecule is COc1ccc(OC)c(-c2csc(NC(=O)C3CCCO3)n2)c1. The fourth-order valence-corrected chi connectivity index (χ4v) is 3.15. The number of thiazole rings is 1. The van der Waals surface area contributed by atoms with Crippen LogP contribution in [0.15, 0.2) is 23.6 Å². The van der Waals surface area contributed by atoms with E-state index in [-0.39, 0.29) is 12.0 Å². The lowest BCUT2D eigenvalue weighted by Crippen LogP contribution is -2.26. The van der Waals surface area contributed by atoms with E-state index in [4.69, 9.17) is 14.2 Å². The van der Waals surface area contributed by atoms with E-state index in [1.807, 2.05) is 23.6 Å². The molecule has 3 rings (SSSR count). The average molecular weight is 334 g/mol. The Kier molecular flexibility index (Phi) is 4.78. The third-order valence-electron chi connectivity index (χ3n) is 3.64. The van der Waals surface area contributed by atoms with Gasteiger partial charge in [0.05, 0.1) is 19.9 Å². The summed E-state index contributed by atoms with van der Waals surface area (Å²) < 4.78 is 16.0. The van der Waals surface area contributed by atoms with Gasteiger partial charge in [-0.15, -0.1) is 11.3 Å². The second-order valence-electron chi connectivity index (χ2n) is 5.10. The molecule has 1 atom stereocenters. The van der Waals surface area contributed by atoms with Crippen molar-refractivity contribution < 1.29 is 19.0 Å². The number of nitrogens with zero attached hydrogens (tertiary/aromatic N) is 1. The Bertz CT molecular complexity index is 695. The van der Waals surface area contributed by atoms with Crippen LogP contribution in [0.3, 0.4) is 0 Å². The van der Waals surface area contributed by atoms with Crippen LogP contribution in [0, 0.1) is 0 Å². The summed E-state index contributed by atoms with van der Waals surface area (Å²) >= 11 is 1.37. The van der Waals surface area contributed by atoms with Crippen LogP contribution in [-0.4, -0.2) is 37.8 Å². The maximum atomic E-state index is 12.1. The first-order valence-electron chi connectivity index (χ1n) is 7.31. The number of amides is 1.